The smallest absolute Gasteiger partial charge is 0.269 e. The highest BCUT2D eigenvalue weighted by molar-refractivity contribution is 6.01. The van der Waals surface area contributed by atoms with Crippen LogP contribution in [0.1, 0.15) is 34.5 Å². The predicted octanol–water partition coefficient (Wildman–Crippen LogP) is 4.41. The van der Waals surface area contributed by atoms with E-state index in [4.69, 9.17) is 0 Å². The Bertz CT molecular complexity index is 1370. The third-order valence-corrected chi connectivity index (χ3v) is 5.95. The second-order valence-electron chi connectivity index (χ2n) is 8.03. The first kappa shape index (κ1) is 21.0. The largest absolute Gasteiger partial charge is 0.354 e. The number of aromatic nitrogens is 4. The standard InChI is InChI=1S/C24H22F2N6O/c1-27-24(33)20-9-14-5-6-28-12-19(14)23(30-20)32-7-3-4-15-8-17(16-11-29-31(2)13-16)18(22(25)26)10-21(15)32/h5-6,8-13,22H,3-4,7H2,1-2H3,(H,27,33). The molecule has 1 N–H and O–H groups in total. The van der Waals surface area contributed by atoms with Crippen molar-refractivity contribution in [2.75, 3.05) is 18.5 Å². The number of pyridine rings is 2. The Balaban J connectivity index is 1.71. The fourth-order valence-corrected chi connectivity index (χ4v) is 4.38. The van der Waals surface area contributed by atoms with E-state index in [-0.39, 0.29) is 17.2 Å². The van der Waals surface area contributed by atoms with E-state index < -0.39 is 6.43 Å². The topological polar surface area (TPSA) is 75.9 Å². The van der Waals surface area contributed by atoms with Gasteiger partial charge < -0.3 is 10.2 Å². The summed E-state index contributed by atoms with van der Waals surface area (Å²) in [7, 11) is 3.31. The molecule has 168 valence electrons. The third kappa shape index (κ3) is 3.69. The van der Waals surface area contributed by atoms with Crippen molar-refractivity contribution in [3.63, 3.8) is 0 Å². The van der Waals surface area contributed by atoms with Crippen LogP contribution in [0.2, 0.25) is 0 Å². The number of halogens is 2. The zero-order valence-corrected chi connectivity index (χ0v) is 18.2. The van der Waals surface area contributed by atoms with Crippen LogP contribution in [-0.4, -0.2) is 39.2 Å². The fourth-order valence-electron chi connectivity index (χ4n) is 4.38. The van der Waals surface area contributed by atoms with Gasteiger partial charge in [-0.05, 0) is 53.6 Å². The van der Waals surface area contributed by atoms with Gasteiger partial charge in [-0.3, -0.25) is 14.5 Å². The number of alkyl halides is 2. The number of fused-ring (bicyclic) bond motifs is 2. The molecule has 0 saturated carbocycles. The average molecular weight is 448 g/mol. The fraction of sp³-hybridized carbons (Fsp3) is 0.250. The van der Waals surface area contributed by atoms with Crippen LogP contribution in [0.5, 0.6) is 0 Å². The molecule has 0 bridgehead atoms. The van der Waals surface area contributed by atoms with Crippen LogP contribution >= 0.6 is 0 Å². The quantitative estimate of drug-likeness (QED) is 0.501. The highest BCUT2D eigenvalue weighted by Gasteiger charge is 2.27. The maximum absolute atomic E-state index is 14.2. The van der Waals surface area contributed by atoms with Crippen molar-refractivity contribution < 1.29 is 13.6 Å². The number of hydrogen-bond acceptors (Lipinski definition) is 5. The highest BCUT2D eigenvalue weighted by Crippen LogP contribution is 2.42. The molecule has 9 heteroatoms. The summed E-state index contributed by atoms with van der Waals surface area (Å²) < 4.78 is 29.9. The Morgan fingerprint density at radius 2 is 2.06 bits per heavy atom. The van der Waals surface area contributed by atoms with Crippen molar-refractivity contribution in [2.45, 2.75) is 19.3 Å². The van der Waals surface area contributed by atoms with Gasteiger partial charge in [0.2, 0.25) is 0 Å². The van der Waals surface area contributed by atoms with Gasteiger partial charge in [-0.2, -0.15) is 5.10 Å². The van der Waals surface area contributed by atoms with Crippen LogP contribution in [-0.2, 0) is 13.5 Å². The third-order valence-electron chi connectivity index (χ3n) is 5.95. The van der Waals surface area contributed by atoms with Gasteiger partial charge in [-0.25, -0.2) is 13.8 Å². The first-order chi connectivity index (χ1) is 16.0. The maximum Gasteiger partial charge on any atom is 0.269 e. The van der Waals surface area contributed by atoms with E-state index in [9.17, 15) is 13.6 Å². The van der Waals surface area contributed by atoms with E-state index in [2.05, 4.69) is 20.4 Å². The first-order valence-corrected chi connectivity index (χ1v) is 10.6. The van der Waals surface area contributed by atoms with E-state index in [1.165, 1.54) is 0 Å². The number of amides is 1. The summed E-state index contributed by atoms with van der Waals surface area (Å²) in [4.78, 5) is 23.1. The first-order valence-electron chi connectivity index (χ1n) is 10.6. The molecule has 0 aliphatic carbocycles. The predicted molar refractivity (Wildman–Crippen MR) is 122 cm³/mol. The summed E-state index contributed by atoms with van der Waals surface area (Å²) in [6, 6.07) is 6.91. The highest BCUT2D eigenvalue weighted by atomic mass is 19.3. The molecule has 33 heavy (non-hydrogen) atoms. The molecular formula is C24H22F2N6O. The zero-order valence-electron chi connectivity index (χ0n) is 18.2. The lowest BCUT2D eigenvalue weighted by molar-refractivity contribution is 0.0958. The molecule has 5 rings (SSSR count). The number of benzene rings is 1. The van der Waals surface area contributed by atoms with Gasteiger partial charge in [0.15, 0.2) is 0 Å². The Labute approximate surface area is 189 Å². The number of aryl methyl sites for hydroxylation is 2. The number of nitrogens with one attached hydrogen (secondary N) is 1. The van der Waals surface area contributed by atoms with Crippen molar-refractivity contribution in [1.82, 2.24) is 25.1 Å². The summed E-state index contributed by atoms with van der Waals surface area (Å²) in [6.45, 7) is 0.593. The Morgan fingerprint density at radius 1 is 1.21 bits per heavy atom. The minimum absolute atomic E-state index is 0.0569. The summed E-state index contributed by atoms with van der Waals surface area (Å²) in [5.41, 5.74) is 2.97. The van der Waals surface area contributed by atoms with Crippen molar-refractivity contribution >= 4 is 28.2 Å². The van der Waals surface area contributed by atoms with E-state index >= 15 is 0 Å². The Kier molecular flexibility index (Phi) is 5.24. The lowest BCUT2D eigenvalue weighted by Gasteiger charge is -2.32. The summed E-state index contributed by atoms with van der Waals surface area (Å²) in [5, 5.41) is 8.31. The molecule has 0 unspecified atom stereocenters. The molecule has 1 aliphatic rings. The number of rotatable bonds is 4. The van der Waals surface area contributed by atoms with Crippen LogP contribution < -0.4 is 10.2 Å². The zero-order chi connectivity index (χ0) is 23.1. The van der Waals surface area contributed by atoms with Gasteiger partial charge in [0.05, 0.1) is 6.20 Å². The number of nitrogens with zero attached hydrogens (tertiary/aromatic N) is 5. The molecule has 0 spiro atoms. The second kappa shape index (κ2) is 8.23. The molecule has 1 aliphatic heterocycles. The van der Waals surface area contributed by atoms with Crippen molar-refractivity contribution in [3.05, 3.63) is 65.9 Å². The number of carbonyl (C=O) groups is 1. The second-order valence-corrected chi connectivity index (χ2v) is 8.03. The normalized spacial score (nSPS) is 13.4. The number of hydrogen-bond donors (Lipinski definition) is 1. The molecule has 4 aromatic rings. The molecule has 7 nitrogen and oxygen atoms in total. The minimum atomic E-state index is -2.65. The number of carbonyl (C=O) groups excluding carboxylic acids is 1. The Morgan fingerprint density at radius 3 is 2.79 bits per heavy atom. The van der Waals surface area contributed by atoms with Crippen LogP contribution in [0.4, 0.5) is 20.3 Å². The van der Waals surface area contributed by atoms with Gasteiger partial charge in [0.25, 0.3) is 12.3 Å². The maximum atomic E-state index is 14.2. The van der Waals surface area contributed by atoms with Gasteiger partial charge in [0, 0.05) is 61.4 Å². The summed E-state index contributed by atoms with van der Waals surface area (Å²) >= 11 is 0. The molecule has 0 radical (unpaired) electrons. The van der Waals surface area contributed by atoms with Gasteiger partial charge >= 0.3 is 0 Å². The van der Waals surface area contributed by atoms with Gasteiger partial charge in [-0.1, -0.05) is 0 Å². The SMILES string of the molecule is CNC(=O)c1cc2ccncc2c(N2CCCc3cc(-c4cnn(C)c4)c(C(F)F)cc32)n1. The monoisotopic (exact) mass is 448 g/mol. The van der Waals surface area contributed by atoms with Crippen LogP contribution in [0.25, 0.3) is 21.9 Å². The lowest BCUT2D eigenvalue weighted by Crippen LogP contribution is -2.27. The van der Waals surface area contributed by atoms with Crippen LogP contribution in [0.3, 0.4) is 0 Å². The molecule has 0 saturated heterocycles. The van der Waals surface area contributed by atoms with Gasteiger partial charge in [0.1, 0.15) is 11.5 Å². The van der Waals surface area contributed by atoms with Gasteiger partial charge in [-0.15, -0.1) is 0 Å². The van der Waals surface area contributed by atoms with E-state index in [1.54, 1.807) is 55.7 Å². The Hall–Kier alpha value is -3.88. The molecule has 0 atom stereocenters. The number of anilines is 2. The average Bonchev–Trinajstić information content (AvgIpc) is 3.27. The van der Waals surface area contributed by atoms with Crippen molar-refractivity contribution in [1.29, 1.82) is 0 Å². The lowest BCUT2D eigenvalue weighted by atomic mass is 9.93. The van der Waals surface area contributed by atoms with E-state index in [1.807, 2.05) is 17.0 Å². The molecule has 0 fully saturated rings. The minimum Gasteiger partial charge on any atom is -0.354 e. The molecule has 3 aromatic heterocycles. The van der Waals surface area contributed by atoms with Crippen LogP contribution in [0, 0.1) is 0 Å². The summed E-state index contributed by atoms with van der Waals surface area (Å²) in [5.74, 6) is 0.224. The molecular weight excluding hydrogens is 426 g/mol. The van der Waals surface area contributed by atoms with Crippen LogP contribution in [0.15, 0.2) is 49.1 Å². The van der Waals surface area contributed by atoms with Crippen molar-refractivity contribution in [2.24, 2.45) is 7.05 Å². The van der Waals surface area contributed by atoms with E-state index in [0.29, 0.717) is 29.2 Å². The molecule has 1 amide bonds. The van der Waals surface area contributed by atoms with Crippen molar-refractivity contribution in [3.8, 4) is 11.1 Å². The molecule has 1 aromatic carbocycles. The van der Waals surface area contributed by atoms with E-state index in [0.717, 1.165) is 29.2 Å². The molecule has 4 heterocycles. The summed E-state index contributed by atoms with van der Waals surface area (Å²) in [6.07, 6.45) is 5.60.